The van der Waals surface area contributed by atoms with Crippen LogP contribution in [0.5, 0.6) is 0 Å². The third kappa shape index (κ3) is 4.46. The Kier molecular flexibility index (Phi) is 6.87. The highest BCUT2D eigenvalue weighted by atomic mass is 16.5. The van der Waals surface area contributed by atoms with Gasteiger partial charge in [-0.05, 0) is 75.3 Å². The first-order valence-electron chi connectivity index (χ1n) is 13.7. The summed E-state index contributed by atoms with van der Waals surface area (Å²) in [5.74, 6) is 0.840. The van der Waals surface area contributed by atoms with Crippen LogP contribution in [-0.4, -0.2) is 64.8 Å². The molecule has 0 spiro atoms. The molecule has 0 radical (unpaired) electrons. The lowest BCUT2D eigenvalue weighted by Gasteiger charge is -2.14. The standard InChI is InChI=1S/C31H35N5O2/c1-3-35-27-9-5-4-8-24(27)25-20-22(10-12-28(25)35)30-33-26-21-23(11-13-29(26)36(30)18-19-38-2)31(37)32-14-17-34-15-6-7-16-34/h4-5,8-13,20-21H,3,6-7,14-19H2,1-2H3,(H,32,37). The molecule has 7 nitrogen and oxygen atoms in total. The maximum Gasteiger partial charge on any atom is 0.251 e. The van der Waals surface area contributed by atoms with Crippen molar-refractivity contribution >= 4 is 38.7 Å². The molecular weight excluding hydrogens is 474 g/mol. The number of carbonyl (C=O) groups excluding carboxylic acids is 1. The van der Waals surface area contributed by atoms with E-state index in [1.54, 1.807) is 7.11 Å². The van der Waals surface area contributed by atoms with E-state index in [1.165, 1.54) is 34.6 Å². The van der Waals surface area contributed by atoms with E-state index >= 15 is 0 Å². The number of aryl methyl sites for hydroxylation is 1. The van der Waals surface area contributed by atoms with Gasteiger partial charge in [-0.2, -0.15) is 0 Å². The molecule has 1 N–H and O–H groups in total. The lowest BCUT2D eigenvalue weighted by atomic mass is 10.1. The van der Waals surface area contributed by atoms with Crippen molar-refractivity contribution in [2.75, 3.05) is 39.9 Å². The molecule has 0 saturated carbocycles. The molecule has 3 heterocycles. The molecule has 0 unspecified atom stereocenters. The fourth-order valence-electron chi connectivity index (χ4n) is 5.87. The molecule has 2 aromatic heterocycles. The van der Waals surface area contributed by atoms with Gasteiger partial charge in [0.05, 0.1) is 17.6 Å². The van der Waals surface area contributed by atoms with E-state index in [-0.39, 0.29) is 5.91 Å². The van der Waals surface area contributed by atoms with Crippen molar-refractivity contribution in [3.05, 3.63) is 66.2 Å². The fraction of sp³-hybridized carbons (Fsp3) is 0.355. The summed E-state index contributed by atoms with van der Waals surface area (Å²) in [5, 5.41) is 5.56. The van der Waals surface area contributed by atoms with Gasteiger partial charge in [-0.25, -0.2) is 4.98 Å². The molecule has 1 amide bonds. The van der Waals surface area contributed by atoms with E-state index in [1.807, 2.05) is 18.2 Å². The monoisotopic (exact) mass is 509 g/mol. The number of para-hydroxylation sites is 1. The lowest BCUT2D eigenvalue weighted by molar-refractivity contribution is 0.0950. The minimum atomic E-state index is -0.0483. The summed E-state index contributed by atoms with van der Waals surface area (Å²) in [6.07, 6.45) is 2.51. The summed E-state index contributed by atoms with van der Waals surface area (Å²) in [5.41, 5.74) is 5.99. The van der Waals surface area contributed by atoms with E-state index in [0.717, 1.165) is 48.6 Å². The fourth-order valence-corrected chi connectivity index (χ4v) is 5.87. The van der Waals surface area contributed by atoms with Crippen molar-refractivity contribution in [3.8, 4) is 11.4 Å². The van der Waals surface area contributed by atoms with Crippen LogP contribution in [0.1, 0.15) is 30.1 Å². The van der Waals surface area contributed by atoms with Crippen LogP contribution in [-0.2, 0) is 17.8 Å². The third-order valence-corrected chi connectivity index (χ3v) is 7.79. The molecule has 1 fully saturated rings. The summed E-state index contributed by atoms with van der Waals surface area (Å²) in [6.45, 7) is 8.19. The van der Waals surface area contributed by atoms with Gasteiger partial charge in [-0.3, -0.25) is 4.79 Å². The first-order valence-corrected chi connectivity index (χ1v) is 13.7. The number of methoxy groups -OCH3 is 1. The number of nitrogens with one attached hydrogen (secondary N) is 1. The van der Waals surface area contributed by atoms with Crippen LogP contribution in [0, 0.1) is 0 Å². The average Bonchev–Trinajstić information content (AvgIpc) is 3.67. The Hall–Kier alpha value is -3.68. The molecule has 1 saturated heterocycles. The van der Waals surface area contributed by atoms with Crippen LogP contribution in [0.2, 0.25) is 0 Å². The minimum Gasteiger partial charge on any atom is -0.383 e. The van der Waals surface area contributed by atoms with E-state index in [9.17, 15) is 4.79 Å². The number of hydrogen-bond donors (Lipinski definition) is 1. The van der Waals surface area contributed by atoms with E-state index in [2.05, 4.69) is 68.7 Å². The van der Waals surface area contributed by atoms with Gasteiger partial charge < -0.3 is 24.1 Å². The zero-order chi connectivity index (χ0) is 26.1. The Morgan fingerprint density at radius 3 is 2.53 bits per heavy atom. The van der Waals surface area contributed by atoms with E-state index in [0.29, 0.717) is 25.3 Å². The maximum atomic E-state index is 12.9. The molecule has 1 aliphatic heterocycles. The van der Waals surface area contributed by atoms with Crippen LogP contribution < -0.4 is 5.32 Å². The van der Waals surface area contributed by atoms with Gasteiger partial charge in [-0.1, -0.05) is 18.2 Å². The number of ether oxygens (including phenoxy) is 1. The second-order valence-electron chi connectivity index (χ2n) is 10.1. The second-order valence-corrected chi connectivity index (χ2v) is 10.1. The molecular formula is C31H35N5O2. The number of rotatable bonds is 9. The number of amides is 1. The molecule has 0 bridgehead atoms. The van der Waals surface area contributed by atoms with Crippen molar-refractivity contribution in [1.82, 2.24) is 24.3 Å². The normalized spacial score (nSPS) is 14.3. The molecule has 7 heteroatoms. The molecule has 0 atom stereocenters. The van der Waals surface area contributed by atoms with Gasteiger partial charge in [-0.15, -0.1) is 0 Å². The molecule has 38 heavy (non-hydrogen) atoms. The number of nitrogens with zero attached hydrogens (tertiary/aromatic N) is 4. The minimum absolute atomic E-state index is 0.0483. The Balaban J connectivity index is 1.36. The lowest BCUT2D eigenvalue weighted by Crippen LogP contribution is -2.33. The predicted octanol–water partition coefficient (Wildman–Crippen LogP) is 5.30. The third-order valence-electron chi connectivity index (χ3n) is 7.79. The van der Waals surface area contributed by atoms with Gasteiger partial charge in [0.2, 0.25) is 0 Å². The molecule has 5 aromatic rings. The van der Waals surface area contributed by atoms with Crippen molar-refractivity contribution in [2.24, 2.45) is 0 Å². The molecule has 1 aliphatic rings. The van der Waals surface area contributed by atoms with Gasteiger partial charge in [0.1, 0.15) is 5.82 Å². The Labute approximate surface area is 223 Å². The number of fused-ring (bicyclic) bond motifs is 4. The van der Waals surface area contributed by atoms with Crippen molar-refractivity contribution in [3.63, 3.8) is 0 Å². The van der Waals surface area contributed by atoms with Crippen molar-refractivity contribution in [2.45, 2.75) is 32.9 Å². The number of hydrogen-bond acceptors (Lipinski definition) is 4. The van der Waals surface area contributed by atoms with Crippen LogP contribution in [0.15, 0.2) is 60.7 Å². The molecule has 0 aliphatic carbocycles. The Bertz CT molecular complexity index is 1610. The maximum absolute atomic E-state index is 12.9. The highest BCUT2D eigenvalue weighted by Gasteiger charge is 2.18. The van der Waals surface area contributed by atoms with Crippen LogP contribution in [0.3, 0.4) is 0 Å². The first-order chi connectivity index (χ1) is 18.7. The second kappa shape index (κ2) is 10.6. The number of aromatic nitrogens is 3. The Morgan fingerprint density at radius 1 is 0.921 bits per heavy atom. The first kappa shape index (κ1) is 24.6. The number of imidazole rings is 1. The number of likely N-dealkylation sites (tertiary alicyclic amines) is 1. The highest BCUT2D eigenvalue weighted by molar-refractivity contribution is 6.09. The summed E-state index contributed by atoms with van der Waals surface area (Å²) in [6, 6.07) is 21.0. The van der Waals surface area contributed by atoms with Gasteiger partial charge in [0.25, 0.3) is 5.91 Å². The topological polar surface area (TPSA) is 64.3 Å². The highest BCUT2D eigenvalue weighted by Crippen LogP contribution is 2.33. The smallest absolute Gasteiger partial charge is 0.251 e. The molecule has 3 aromatic carbocycles. The average molecular weight is 510 g/mol. The summed E-state index contributed by atoms with van der Waals surface area (Å²) in [4.78, 5) is 20.4. The summed E-state index contributed by atoms with van der Waals surface area (Å²) >= 11 is 0. The van der Waals surface area contributed by atoms with E-state index < -0.39 is 0 Å². The summed E-state index contributed by atoms with van der Waals surface area (Å²) in [7, 11) is 1.72. The van der Waals surface area contributed by atoms with Crippen molar-refractivity contribution < 1.29 is 9.53 Å². The Morgan fingerprint density at radius 2 is 1.71 bits per heavy atom. The molecule has 196 valence electrons. The summed E-state index contributed by atoms with van der Waals surface area (Å²) < 4.78 is 9.99. The number of benzene rings is 3. The van der Waals surface area contributed by atoms with Crippen LogP contribution in [0.25, 0.3) is 44.2 Å². The van der Waals surface area contributed by atoms with Crippen molar-refractivity contribution in [1.29, 1.82) is 0 Å². The molecule has 6 rings (SSSR count). The van der Waals surface area contributed by atoms with Gasteiger partial charge >= 0.3 is 0 Å². The quantitative estimate of drug-likeness (QED) is 0.293. The van der Waals surface area contributed by atoms with Crippen LogP contribution >= 0.6 is 0 Å². The SMILES string of the molecule is CCn1c2ccccc2c2cc(-c3nc4cc(C(=O)NCCN5CCCC5)ccc4n3CCOC)ccc21. The number of carbonyl (C=O) groups is 1. The van der Waals surface area contributed by atoms with E-state index in [4.69, 9.17) is 9.72 Å². The van der Waals surface area contributed by atoms with Gasteiger partial charge in [0.15, 0.2) is 0 Å². The predicted molar refractivity (Wildman–Crippen MR) is 154 cm³/mol. The zero-order valence-corrected chi connectivity index (χ0v) is 22.2. The van der Waals surface area contributed by atoms with Crippen LogP contribution in [0.4, 0.5) is 0 Å². The zero-order valence-electron chi connectivity index (χ0n) is 22.2. The largest absolute Gasteiger partial charge is 0.383 e. The van der Waals surface area contributed by atoms with Gasteiger partial charge in [0, 0.05) is 66.2 Å².